The lowest BCUT2D eigenvalue weighted by Gasteiger charge is -2.15. The maximum absolute atomic E-state index is 11.6. The van der Waals surface area contributed by atoms with Gasteiger partial charge >= 0.3 is 0 Å². The fraction of sp³-hybridized carbons (Fsp3) is 0.667. The van der Waals surface area contributed by atoms with E-state index in [-0.39, 0.29) is 11.9 Å². The second kappa shape index (κ2) is 7.21. The van der Waals surface area contributed by atoms with Gasteiger partial charge in [-0.2, -0.15) is 0 Å². The average molecular weight is 210 g/mol. The zero-order chi connectivity index (χ0) is 11.8. The van der Waals surface area contributed by atoms with E-state index in [1.165, 1.54) is 0 Å². The Bertz CT molecular complexity index is 254. The molecule has 0 aliphatic carbocycles. The highest BCUT2D eigenvalue weighted by atomic mass is 16.1. The Hall–Kier alpha value is -1.12. The van der Waals surface area contributed by atoms with E-state index >= 15 is 0 Å². The topological polar surface area (TPSA) is 41.5 Å². The van der Waals surface area contributed by atoms with E-state index in [4.69, 9.17) is 0 Å². The summed E-state index contributed by atoms with van der Waals surface area (Å²) in [5, 5.41) is 2.95. The van der Waals surface area contributed by atoms with Crippen LogP contribution in [0.15, 0.2) is 16.6 Å². The predicted octanol–water partition coefficient (Wildman–Crippen LogP) is 2.18. The Labute approximate surface area is 92.7 Å². The minimum atomic E-state index is -0.0111. The monoisotopic (exact) mass is 210 g/mol. The molecule has 15 heavy (non-hydrogen) atoms. The number of nitrogens with one attached hydrogen (secondary N) is 1. The molecule has 1 N–H and O–H groups in total. The fourth-order valence-corrected chi connectivity index (χ4v) is 1.37. The summed E-state index contributed by atoms with van der Waals surface area (Å²) in [6.45, 7) is 8.11. The van der Waals surface area contributed by atoms with Crippen molar-refractivity contribution < 1.29 is 4.79 Å². The lowest BCUT2D eigenvalue weighted by molar-refractivity contribution is -0.118. The SMILES string of the molecule is CN=C/C=C(\C)C(=O)NC(C)CC(C)C. The van der Waals surface area contributed by atoms with Gasteiger partial charge in [0.15, 0.2) is 0 Å². The zero-order valence-electron chi connectivity index (χ0n) is 10.4. The van der Waals surface area contributed by atoms with Gasteiger partial charge in [-0.3, -0.25) is 9.79 Å². The van der Waals surface area contributed by atoms with Crippen molar-refractivity contribution in [3.63, 3.8) is 0 Å². The van der Waals surface area contributed by atoms with Crippen LogP contribution in [-0.2, 0) is 4.79 Å². The molecule has 0 aromatic carbocycles. The van der Waals surface area contributed by atoms with Crippen molar-refractivity contribution in [2.75, 3.05) is 7.05 Å². The first-order valence-electron chi connectivity index (χ1n) is 5.37. The molecule has 0 heterocycles. The van der Waals surface area contributed by atoms with E-state index < -0.39 is 0 Å². The highest BCUT2D eigenvalue weighted by Crippen LogP contribution is 2.04. The fourth-order valence-electron chi connectivity index (χ4n) is 1.37. The van der Waals surface area contributed by atoms with Crippen molar-refractivity contribution in [1.29, 1.82) is 0 Å². The van der Waals surface area contributed by atoms with Gasteiger partial charge in [-0.05, 0) is 32.3 Å². The van der Waals surface area contributed by atoms with Crippen molar-refractivity contribution >= 4 is 12.1 Å². The van der Waals surface area contributed by atoms with Gasteiger partial charge in [-0.15, -0.1) is 0 Å². The molecule has 0 aromatic rings. The van der Waals surface area contributed by atoms with Gasteiger partial charge in [-0.25, -0.2) is 0 Å². The second-order valence-electron chi connectivity index (χ2n) is 4.26. The van der Waals surface area contributed by atoms with E-state index in [9.17, 15) is 4.79 Å². The van der Waals surface area contributed by atoms with Crippen LogP contribution in [0.4, 0.5) is 0 Å². The van der Waals surface area contributed by atoms with Gasteiger partial charge in [0.2, 0.25) is 5.91 Å². The quantitative estimate of drug-likeness (QED) is 0.548. The molecule has 0 aliphatic heterocycles. The molecule has 0 saturated heterocycles. The molecule has 1 amide bonds. The number of allylic oxidation sites excluding steroid dienone is 1. The molecule has 3 nitrogen and oxygen atoms in total. The molecule has 0 saturated carbocycles. The first-order chi connectivity index (χ1) is 6.97. The third-order valence-electron chi connectivity index (χ3n) is 2.03. The molecule has 0 fully saturated rings. The Kier molecular flexibility index (Phi) is 6.67. The van der Waals surface area contributed by atoms with Crippen LogP contribution in [0.2, 0.25) is 0 Å². The van der Waals surface area contributed by atoms with Crippen LogP contribution < -0.4 is 5.32 Å². The highest BCUT2D eigenvalue weighted by molar-refractivity contribution is 5.96. The van der Waals surface area contributed by atoms with E-state index in [2.05, 4.69) is 24.2 Å². The van der Waals surface area contributed by atoms with Crippen LogP contribution in [-0.4, -0.2) is 25.2 Å². The highest BCUT2D eigenvalue weighted by Gasteiger charge is 2.09. The number of aliphatic imine (C=N–C) groups is 1. The third-order valence-corrected chi connectivity index (χ3v) is 2.03. The van der Waals surface area contributed by atoms with Crippen molar-refractivity contribution in [3.05, 3.63) is 11.6 Å². The molecule has 1 atom stereocenters. The van der Waals surface area contributed by atoms with Gasteiger partial charge in [0, 0.05) is 24.9 Å². The van der Waals surface area contributed by atoms with Crippen LogP contribution in [0.1, 0.15) is 34.1 Å². The normalized spacial score (nSPS) is 14.7. The lowest BCUT2D eigenvalue weighted by Crippen LogP contribution is -2.34. The lowest BCUT2D eigenvalue weighted by atomic mass is 10.1. The molecule has 3 heteroatoms. The first kappa shape index (κ1) is 13.9. The smallest absolute Gasteiger partial charge is 0.247 e. The summed E-state index contributed by atoms with van der Waals surface area (Å²) in [4.78, 5) is 15.4. The summed E-state index contributed by atoms with van der Waals surface area (Å²) < 4.78 is 0. The van der Waals surface area contributed by atoms with Gasteiger partial charge in [0.05, 0.1) is 0 Å². The molecule has 0 bridgehead atoms. The number of hydrogen-bond donors (Lipinski definition) is 1. The first-order valence-corrected chi connectivity index (χ1v) is 5.37. The molecule has 0 aromatic heterocycles. The Balaban J connectivity index is 4.12. The third kappa shape index (κ3) is 6.89. The van der Waals surface area contributed by atoms with Gasteiger partial charge in [-0.1, -0.05) is 13.8 Å². The number of amides is 1. The summed E-state index contributed by atoms with van der Waals surface area (Å²) in [5.74, 6) is 0.588. The number of carbonyl (C=O) groups excluding carboxylic acids is 1. The molecular formula is C12H22N2O. The maximum atomic E-state index is 11.6. The Morgan fingerprint density at radius 3 is 2.47 bits per heavy atom. The molecule has 0 spiro atoms. The van der Waals surface area contributed by atoms with Crippen LogP contribution >= 0.6 is 0 Å². The van der Waals surface area contributed by atoms with Crippen LogP contribution in [0.3, 0.4) is 0 Å². The van der Waals surface area contributed by atoms with E-state index in [1.54, 1.807) is 26.3 Å². The summed E-state index contributed by atoms with van der Waals surface area (Å²) in [7, 11) is 1.68. The summed E-state index contributed by atoms with van der Waals surface area (Å²) in [6.07, 6.45) is 4.35. The molecule has 86 valence electrons. The van der Waals surface area contributed by atoms with Gasteiger partial charge in [0.1, 0.15) is 0 Å². The number of nitrogens with zero attached hydrogens (tertiary/aromatic N) is 1. The molecule has 1 unspecified atom stereocenters. The second-order valence-corrected chi connectivity index (χ2v) is 4.26. The maximum Gasteiger partial charge on any atom is 0.247 e. The van der Waals surface area contributed by atoms with E-state index in [0.29, 0.717) is 11.5 Å². The number of rotatable bonds is 5. The minimum absolute atomic E-state index is 0.0111. The van der Waals surface area contributed by atoms with Crippen molar-refractivity contribution in [3.8, 4) is 0 Å². The van der Waals surface area contributed by atoms with Gasteiger partial charge in [0.25, 0.3) is 0 Å². The Morgan fingerprint density at radius 1 is 1.40 bits per heavy atom. The number of carbonyl (C=O) groups is 1. The summed E-state index contributed by atoms with van der Waals surface area (Å²) >= 11 is 0. The minimum Gasteiger partial charge on any atom is -0.350 e. The van der Waals surface area contributed by atoms with Crippen molar-refractivity contribution in [1.82, 2.24) is 5.32 Å². The average Bonchev–Trinajstić information content (AvgIpc) is 2.12. The largest absolute Gasteiger partial charge is 0.350 e. The molecule has 0 radical (unpaired) electrons. The van der Waals surface area contributed by atoms with E-state index in [1.807, 2.05) is 6.92 Å². The van der Waals surface area contributed by atoms with Crippen LogP contribution in [0.25, 0.3) is 0 Å². The Morgan fingerprint density at radius 2 is 2.00 bits per heavy atom. The summed E-state index contributed by atoms with van der Waals surface area (Å²) in [5.41, 5.74) is 0.691. The van der Waals surface area contributed by atoms with Crippen LogP contribution in [0.5, 0.6) is 0 Å². The van der Waals surface area contributed by atoms with Crippen LogP contribution in [0, 0.1) is 5.92 Å². The molecule has 0 aliphatic rings. The number of hydrogen-bond acceptors (Lipinski definition) is 2. The van der Waals surface area contributed by atoms with Crippen molar-refractivity contribution in [2.45, 2.75) is 40.2 Å². The standard InChI is InChI=1S/C12H22N2O/c1-9(2)8-11(4)14-12(15)10(3)6-7-13-5/h6-7,9,11H,8H2,1-5H3,(H,14,15)/b10-6+,13-7?. The summed E-state index contributed by atoms with van der Waals surface area (Å²) in [6, 6.07) is 0.222. The predicted molar refractivity (Wildman–Crippen MR) is 65.2 cm³/mol. The molecule has 0 rings (SSSR count). The zero-order valence-corrected chi connectivity index (χ0v) is 10.4. The molecular weight excluding hydrogens is 188 g/mol. The van der Waals surface area contributed by atoms with E-state index in [0.717, 1.165) is 6.42 Å². The van der Waals surface area contributed by atoms with Gasteiger partial charge < -0.3 is 5.32 Å². The van der Waals surface area contributed by atoms with Crippen molar-refractivity contribution in [2.24, 2.45) is 10.9 Å².